The van der Waals surface area contributed by atoms with Crippen LogP contribution < -0.4 is 10.6 Å². The maximum Gasteiger partial charge on any atom is 0.220 e. The van der Waals surface area contributed by atoms with Gasteiger partial charge in [-0.2, -0.15) is 0 Å². The van der Waals surface area contributed by atoms with Crippen LogP contribution in [-0.4, -0.2) is 37.7 Å². The standard InChI is InChI=1S/C11H20N2O2/c14-11(13-9-5-6-12-8-9)4-3-10-2-1-7-15-10/h9-10,12H,1-8H2,(H,13,14)/t9-,10?/m0/s1. The highest BCUT2D eigenvalue weighted by molar-refractivity contribution is 5.76. The number of carbonyl (C=O) groups is 1. The maximum atomic E-state index is 11.6. The van der Waals surface area contributed by atoms with E-state index in [1.54, 1.807) is 0 Å². The highest BCUT2D eigenvalue weighted by Crippen LogP contribution is 2.16. The average Bonchev–Trinajstić information content (AvgIpc) is 2.86. The fourth-order valence-corrected chi connectivity index (χ4v) is 2.24. The van der Waals surface area contributed by atoms with Gasteiger partial charge in [-0.05, 0) is 32.2 Å². The third-order valence-electron chi connectivity index (χ3n) is 3.14. The second-order valence-electron chi connectivity index (χ2n) is 4.43. The molecule has 2 rings (SSSR count). The lowest BCUT2D eigenvalue weighted by Crippen LogP contribution is -2.36. The summed E-state index contributed by atoms with van der Waals surface area (Å²) in [5, 5.41) is 6.28. The Labute approximate surface area is 90.8 Å². The molecule has 4 nitrogen and oxygen atoms in total. The fraction of sp³-hybridized carbons (Fsp3) is 0.909. The third kappa shape index (κ3) is 3.47. The Morgan fingerprint density at radius 1 is 1.47 bits per heavy atom. The molecule has 2 fully saturated rings. The normalized spacial score (nSPS) is 30.7. The summed E-state index contributed by atoms with van der Waals surface area (Å²) in [6.45, 7) is 2.82. The molecule has 2 atom stereocenters. The van der Waals surface area contributed by atoms with Gasteiger partial charge < -0.3 is 15.4 Å². The second-order valence-corrected chi connectivity index (χ2v) is 4.43. The molecule has 0 saturated carbocycles. The highest BCUT2D eigenvalue weighted by Gasteiger charge is 2.19. The number of rotatable bonds is 4. The maximum absolute atomic E-state index is 11.6. The first kappa shape index (κ1) is 10.9. The molecule has 1 unspecified atom stereocenters. The van der Waals surface area contributed by atoms with E-state index in [9.17, 15) is 4.79 Å². The third-order valence-corrected chi connectivity index (χ3v) is 3.14. The number of ether oxygens (including phenoxy) is 1. The van der Waals surface area contributed by atoms with Crippen molar-refractivity contribution in [3.8, 4) is 0 Å². The Balaban J connectivity index is 1.59. The van der Waals surface area contributed by atoms with E-state index in [2.05, 4.69) is 10.6 Å². The molecule has 0 aromatic carbocycles. The van der Waals surface area contributed by atoms with Crippen molar-refractivity contribution in [3.63, 3.8) is 0 Å². The van der Waals surface area contributed by atoms with Crippen LogP contribution in [0, 0.1) is 0 Å². The Morgan fingerprint density at radius 3 is 3.07 bits per heavy atom. The van der Waals surface area contributed by atoms with Crippen LogP contribution in [0.25, 0.3) is 0 Å². The van der Waals surface area contributed by atoms with Gasteiger partial charge in [-0.1, -0.05) is 0 Å². The van der Waals surface area contributed by atoms with Gasteiger partial charge in [0, 0.05) is 25.6 Å². The second kappa shape index (κ2) is 5.47. The summed E-state index contributed by atoms with van der Waals surface area (Å²) in [5.41, 5.74) is 0. The molecule has 0 aromatic rings. The van der Waals surface area contributed by atoms with Crippen LogP contribution in [-0.2, 0) is 9.53 Å². The minimum absolute atomic E-state index is 0.180. The van der Waals surface area contributed by atoms with Crippen LogP contribution in [0.3, 0.4) is 0 Å². The van der Waals surface area contributed by atoms with Crippen molar-refractivity contribution in [1.29, 1.82) is 0 Å². The first-order valence-electron chi connectivity index (χ1n) is 5.96. The number of amides is 1. The van der Waals surface area contributed by atoms with E-state index < -0.39 is 0 Å². The van der Waals surface area contributed by atoms with Crippen LogP contribution in [0.1, 0.15) is 32.1 Å². The predicted octanol–water partition coefficient (Wildman–Crippen LogP) is 0.424. The molecule has 0 aliphatic carbocycles. The first-order chi connectivity index (χ1) is 7.34. The van der Waals surface area contributed by atoms with Crippen molar-refractivity contribution < 1.29 is 9.53 Å². The van der Waals surface area contributed by atoms with E-state index in [1.807, 2.05) is 0 Å². The summed E-state index contributed by atoms with van der Waals surface area (Å²) >= 11 is 0. The minimum atomic E-state index is 0.180. The van der Waals surface area contributed by atoms with Gasteiger partial charge in [-0.15, -0.1) is 0 Å². The van der Waals surface area contributed by atoms with Gasteiger partial charge in [0.1, 0.15) is 0 Å². The van der Waals surface area contributed by atoms with Crippen LogP contribution >= 0.6 is 0 Å². The molecule has 0 spiro atoms. The summed E-state index contributed by atoms with van der Waals surface area (Å²) in [4.78, 5) is 11.6. The van der Waals surface area contributed by atoms with E-state index in [4.69, 9.17) is 4.74 Å². The minimum Gasteiger partial charge on any atom is -0.378 e. The predicted molar refractivity (Wildman–Crippen MR) is 57.6 cm³/mol. The molecule has 0 radical (unpaired) electrons. The largest absolute Gasteiger partial charge is 0.378 e. The zero-order chi connectivity index (χ0) is 10.5. The lowest BCUT2D eigenvalue weighted by Gasteiger charge is -2.12. The Hall–Kier alpha value is -0.610. The zero-order valence-corrected chi connectivity index (χ0v) is 9.13. The van der Waals surface area contributed by atoms with Crippen LogP contribution in [0.2, 0.25) is 0 Å². The molecule has 0 bridgehead atoms. The molecule has 1 amide bonds. The zero-order valence-electron chi connectivity index (χ0n) is 9.13. The Morgan fingerprint density at radius 2 is 2.40 bits per heavy atom. The van der Waals surface area contributed by atoms with Crippen molar-refractivity contribution >= 4 is 5.91 Å². The molecule has 86 valence electrons. The Bertz CT molecular complexity index is 209. The SMILES string of the molecule is O=C(CCC1CCCO1)N[C@H]1CCNC1. The average molecular weight is 212 g/mol. The van der Waals surface area contributed by atoms with Gasteiger partial charge in [0.05, 0.1) is 6.10 Å². The van der Waals surface area contributed by atoms with Crippen LogP contribution in [0.5, 0.6) is 0 Å². The van der Waals surface area contributed by atoms with Crippen molar-refractivity contribution in [1.82, 2.24) is 10.6 Å². The summed E-state index contributed by atoms with van der Waals surface area (Å²) in [7, 11) is 0. The molecular formula is C11H20N2O2. The molecule has 2 aliphatic heterocycles. The first-order valence-corrected chi connectivity index (χ1v) is 5.96. The summed E-state index contributed by atoms with van der Waals surface area (Å²) < 4.78 is 5.48. The summed E-state index contributed by atoms with van der Waals surface area (Å²) in [6, 6.07) is 0.349. The summed E-state index contributed by atoms with van der Waals surface area (Å²) in [5.74, 6) is 0.180. The number of hydrogen-bond donors (Lipinski definition) is 2. The molecule has 15 heavy (non-hydrogen) atoms. The van der Waals surface area contributed by atoms with Crippen molar-refractivity contribution in [2.24, 2.45) is 0 Å². The number of hydrogen-bond acceptors (Lipinski definition) is 3. The van der Waals surface area contributed by atoms with E-state index >= 15 is 0 Å². The lowest BCUT2D eigenvalue weighted by atomic mass is 10.1. The van der Waals surface area contributed by atoms with Gasteiger partial charge in [-0.3, -0.25) is 4.79 Å². The summed E-state index contributed by atoms with van der Waals surface area (Å²) in [6.07, 6.45) is 5.16. The van der Waals surface area contributed by atoms with E-state index in [-0.39, 0.29) is 5.91 Å². The smallest absolute Gasteiger partial charge is 0.220 e. The van der Waals surface area contributed by atoms with E-state index in [0.717, 1.165) is 45.4 Å². The highest BCUT2D eigenvalue weighted by atomic mass is 16.5. The van der Waals surface area contributed by atoms with Gasteiger partial charge in [0.25, 0.3) is 0 Å². The topological polar surface area (TPSA) is 50.4 Å². The molecular weight excluding hydrogens is 192 g/mol. The van der Waals surface area contributed by atoms with Crippen molar-refractivity contribution in [2.75, 3.05) is 19.7 Å². The molecule has 0 aromatic heterocycles. The monoisotopic (exact) mass is 212 g/mol. The van der Waals surface area contributed by atoms with Crippen LogP contribution in [0.15, 0.2) is 0 Å². The molecule has 2 N–H and O–H groups in total. The van der Waals surface area contributed by atoms with Crippen LogP contribution in [0.4, 0.5) is 0 Å². The van der Waals surface area contributed by atoms with E-state index in [1.165, 1.54) is 0 Å². The van der Waals surface area contributed by atoms with E-state index in [0.29, 0.717) is 18.6 Å². The quantitative estimate of drug-likeness (QED) is 0.710. The number of carbonyl (C=O) groups excluding carboxylic acids is 1. The van der Waals surface area contributed by atoms with Gasteiger partial charge in [-0.25, -0.2) is 0 Å². The molecule has 2 aliphatic rings. The van der Waals surface area contributed by atoms with Gasteiger partial charge in [0.2, 0.25) is 5.91 Å². The lowest BCUT2D eigenvalue weighted by molar-refractivity contribution is -0.122. The van der Waals surface area contributed by atoms with Gasteiger partial charge in [0.15, 0.2) is 0 Å². The van der Waals surface area contributed by atoms with Crippen molar-refractivity contribution in [3.05, 3.63) is 0 Å². The van der Waals surface area contributed by atoms with Crippen molar-refractivity contribution in [2.45, 2.75) is 44.2 Å². The molecule has 4 heteroatoms. The molecule has 2 saturated heterocycles. The fourth-order valence-electron chi connectivity index (χ4n) is 2.24. The molecule has 2 heterocycles. The Kier molecular flexibility index (Phi) is 3.97. The van der Waals surface area contributed by atoms with Gasteiger partial charge >= 0.3 is 0 Å². The number of nitrogens with one attached hydrogen (secondary N) is 2.